The first-order valence-electron chi connectivity index (χ1n) is 4.07. The van der Waals surface area contributed by atoms with Gasteiger partial charge in [-0.15, -0.1) is 0 Å². The lowest BCUT2D eigenvalue weighted by molar-refractivity contribution is -0.0572. The molecule has 0 aliphatic rings. The van der Waals surface area contributed by atoms with Gasteiger partial charge in [0.1, 0.15) is 0 Å². The summed E-state index contributed by atoms with van der Waals surface area (Å²) in [7, 11) is 0. The number of hydrogen-bond donors (Lipinski definition) is 2. The second-order valence-corrected chi connectivity index (χ2v) is 3.67. The van der Waals surface area contributed by atoms with Gasteiger partial charge in [-0.2, -0.15) is 0 Å². The van der Waals surface area contributed by atoms with E-state index in [0.29, 0.717) is 13.1 Å². The Kier molecular flexibility index (Phi) is 4.65. The van der Waals surface area contributed by atoms with Crippen LogP contribution in [0.15, 0.2) is 0 Å². The number of nitrogens with two attached hydrogens (primary N) is 2. The minimum absolute atomic E-state index is 0.111. The summed E-state index contributed by atoms with van der Waals surface area (Å²) in [4.78, 5) is 0. The van der Waals surface area contributed by atoms with Crippen molar-refractivity contribution in [3.05, 3.63) is 0 Å². The average Bonchev–Trinajstić information content (AvgIpc) is 1.84. The van der Waals surface area contributed by atoms with E-state index in [9.17, 15) is 0 Å². The molecule has 0 rings (SSSR count). The molecule has 0 radical (unpaired) electrons. The fourth-order valence-corrected chi connectivity index (χ4v) is 0.911. The van der Waals surface area contributed by atoms with E-state index in [1.54, 1.807) is 0 Å². The maximum Gasteiger partial charge on any atom is 0.0716 e. The van der Waals surface area contributed by atoms with E-state index in [0.717, 1.165) is 6.42 Å². The van der Waals surface area contributed by atoms with Gasteiger partial charge in [0.2, 0.25) is 0 Å². The molecule has 11 heavy (non-hydrogen) atoms. The molecule has 0 heterocycles. The van der Waals surface area contributed by atoms with Crippen LogP contribution in [0.2, 0.25) is 0 Å². The molecule has 0 aromatic rings. The highest BCUT2D eigenvalue weighted by Gasteiger charge is 2.16. The van der Waals surface area contributed by atoms with E-state index in [1.807, 2.05) is 20.8 Å². The van der Waals surface area contributed by atoms with Crippen molar-refractivity contribution in [3.8, 4) is 0 Å². The molecule has 0 saturated carbocycles. The second-order valence-electron chi connectivity index (χ2n) is 3.67. The molecular weight excluding hydrogens is 140 g/mol. The number of hydrogen-bond acceptors (Lipinski definition) is 3. The molecule has 0 bridgehead atoms. The van der Waals surface area contributed by atoms with E-state index in [1.165, 1.54) is 0 Å². The molecule has 0 aliphatic heterocycles. The monoisotopic (exact) mass is 160 g/mol. The smallest absolute Gasteiger partial charge is 0.0716 e. The van der Waals surface area contributed by atoms with Gasteiger partial charge in [-0.05, 0) is 33.7 Å². The van der Waals surface area contributed by atoms with Gasteiger partial charge in [-0.3, -0.25) is 0 Å². The zero-order valence-corrected chi connectivity index (χ0v) is 7.76. The summed E-state index contributed by atoms with van der Waals surface area (Å²) in [5.41, 5.74) is 10.8. The quantitative estimate of drug-likeness (QED) is 0.628. The highest BCUT2D eigenvalue weighted by molar-refractivity contribution is 4.67. The van der Waals surface area contributed by atoms with Crippen LogP contribution < -0.4 is 11.5 Å². The van der Waals surface area contributed by atoms with Crippen molar-refractivity contribution in [2.24, 2.45) is 11.5 Å². The van der Waals surface area contributed by atoms with Crippen LogP contribution in [0.5, 0.6) is 0 Å². The molecule has 0 aromatic heterocycles. The normalized spacial score (nSPS) is 15.0. The predicted molar refractivity (Wildman–Crippen MR) is 47.4 cm³/mol. The fourth-order valence-electron chi connectivity index (χ4n) is 0.911. The Labute approximate surface area is 69.1 Å². The lowest BCUT2D eigenvalue weighted by Gasteiger charge is -2.26. The average molecular weight is 160 g/mol. The summed E-state index contributed by atoms with van der Waals surface area (Å²) in [6.45, 7) is 7.25. The molecule has 0 unspecified atom stereocenters. The molecule has 1 atom stereocenters. The van der Waals surface area contributed by atoms with Crippen LogP contribution in [0.25, 0.3) is 0 Å². The molecule has 0 fully saturated rings. The maximum atomic E-state index is 5.62. The van der Waals surface area contributed by atoms with E-state index in [4.69, 9.17) is 16.2 Å². The Balaban J connectivity index is 3.68. The van der Waals surface area contributed by atoms with Crippen molar-refractivity contribution >= 4 is 0 Å². The molecule has 0 aliphatic carbocycles. The van der Waals surface area contributed by atoms with Crippen LogP contribution >= 0.6 is 0 Å². The van der Waals surface area contributed by atoms with Crippen LogP contribution in [0.4, 0.5) is 0 Å². The van der Waals surface area contributed by atoms with Gasteiger partial charge >= 0.3 is 0 Å². The zero-order valence-electron chi connectivity index (χ0n) is 7.76. The van der Waals surface area contributed by atoms with Gasteiger partial charge in [0.05, 0.1) is 11.7 Å². The summed E-state index contributed by atoms with van der Waals surface area (Å²) in [5.74, 6) is 0. The summed E-state index contributed by atoms with van der Waals surface area (Å²) in [6.07, 6.45) is 0.952. The molecule has 68 valence electrons. The zero-order chi connectivity index (χ0) is 8.91. The molecular formula is C8H20N2O. The van der Waals surface area contributed by atoms with Crippen molar-refractivity contribution < 1.29 is 4.74 Å². The third-order valence-corrected chi connectivity index (χ3v) is 1.27. The molecule has 0 spiro atoms. The number of rotatable bonds is 4. The van der Waals surface area contributed by atoms with E-state index >= 15 is 0 Å². The Morgan fingerprint density at radius 3 is 2.09 bits per heavy atom. The first-order chi connectivity index (χ1) is 4.99. The Hall–Kier alpha value is -0.120. The van der Waals surface area contributed by atoms with Gasteiger partial charge in [-0.1, -0.05) is 0 Å². The lowest BCUT2D eigenvalue weighted by Crippen LogP contribution is -2.34. The van der Waals surface area contributed by atoms with Gasteiger partial charge < -0.3 is 16.2 Å². The summed E-state index contributed by atoms with van der Waals surface area (Å²) >= 11 is 0. The van der Waals surface area contributed by atoms with E-state index < -0.39 is 0 Å². The van der Waals surface area contributed by atoms with Crippen LogP contribution in [-0.4, -0.2) is 24.8 Å². The first-order valence-corrected chi connectivity index (χ1v) is 4.07. The molecule has 0 aromatic carbocycles. The molecule has 0 saturated heterocycles. The molecule has 3 nitrogen and oxygen atoms in total. The molecule has 4 N–H and O–H groups in total. The minimum Gasteiger partial charge on any atom is -0.371 e. The van der Waals surface area contributed by atoms with Crippen molar-refractivity contribution in [1.82, 2.24) is 0 Å². The van der Waals surface area contributed by atoms with Crippen LogP contribution in [0.3, 0.4) is 0 Å². The second kappa shape index (κ2) is 4.70. The Morgan fingerprint density at radius 2 is 1.82 bits per heavy atom. The van der Waals surface area contributed by atoms with Crippen molar-refractivity contribution in [3.63, 3.8) is 0 Å². The van der Waals surface area contributed by atoms with Crippen LogP contribution in [0, 0.1) is 0 Å². The summed E-state index contributed by atoms with van der Waals surface area (Å²) in [5, 5.41) is 0. The lowest BCUT2D eigenvalue weighted by atomic mass is 10.1. The SMILES string of the molecule is CC(C)(C)O[C@H](CN)CCN. The van der Waals surface area contributed by atoms with Crippen molar-refractivity contribution in [2.45, 2.75) is 38.9 Å². The molecule has 0 amide bonds. The maximum absolute atomic E-state index is 5.62. The van der Waals surface area contributed by atoms with Gasteiger partial charge in [0, 0.05) is 6.54 Å². The van der Waals surface area contributed by atoms with Crippen molar-refractivity contribution in [2.75, 3.05) is 13.1 Å². The Morgan fingerprint density at radius 1 is 1.27 bits per heavy atom. The minimum atomic E-state index is -0.112. The van der Waals surface area contributed by atoms with Crippen molar-refractivity contribution in [1.29, 1.82) is 0 Å². The Bertz CT molecular complexity index is 98.8. The summed E-state index contributed by atoms with van der Waals surface area (Å²) in [6, 6.07) is 0. The first kappa shape index (κ1) is 10.9. The number of ether oxygens (including phenoxy) is 1. The van der Waals surface area contributed by atoms with Gasteiger partial charge in [-0.25, -0.2) is 0 Å². The third-order valence-electron chi connectivity index (χ3n) is 1.27. The fraction of sp³-hybridized carbons (Fsp3) is 1.00. The predicted octanol–water partition coefficient (Wildman–Crippen LogP) is 0.478. The van der Waals surface area contributed by atoms with E-state index in [-0.39, 0.29) is 11.7 Å². The highest BCUT2D eigenvalue weighted by Crippen LogP contribution is 2.11. The highest BCUT2D eigenvalue weighted by atomic mass is 16.5. The molecule has 3 heteroatoms. The van der Waals surface area contributed by atoms with E-state index in [2.05, 4.69) is 0 Å². The third kappa shape index (κ3) is 6.28. The van der Waals surface area contributed by atoms with Crippen LogP contribution in [-0.2, 0) is 4.74 Å². The van der Waals surface area contributed by atoms with Crippen LogP contribution in [0.1, 0.15) is 27.2 Å². The summed E-state index contributed by atoms with van der Waals surface area (Å²) < 4.78 is 5.62. The topological polar surface area (TPSA) is 61.3 Å². The van der Waals surface area contributed by atoms with Gasteiger partial charge in [0.25, 0.3) is 0 Å². The largest absolute Gasteiger partial charge is 0.371 e. The standard InChI is InChI=1S/C8H20N2O/c1-8(2,3)11-7(6-10)4-5-9/h7H,4-6,9-10H2,1-3H3/t7-/m0/s1. The van der Waals surface area contributed by atoms with Gasteiger partial charge in [0.15, 0.2) is 0 Å².